The van der Waals surface area contributed by atoms with Crippen LogP contribution in [0.5, 0.6) is 0 Å². The molecule has 2 fully saturated rings. The van der Waals surface area contributed by atoms with Crippen molar-refractivity contribution in [2.45, 2.75) is 45.3 Å². The van der Waals surface area contributed by atoms with Gasteiger partial charge in [0.25, 0.3) is 5.91 Å². The van der Waals surface area contributed by atoms with Crippen molar-refractivity contribution in [1.82, 2.24) is 15.5 Å². The first-order chi connectivity index (χ1) is 14.5. The topological polar surface area (TPSA) is 108 Å². The number of hydrogen-bond donors (Lipinski definition) is 2. The summed E-state index contributed by atoms with van der Waals surface area (Å²) in [5.41, 5.74) is -0.526. The van der Waals surface area contributed by atoms with Gasteiger partial charge in [-0.1, -0.05) is 6.07 Å². The zero-order valence-electron chi connectivity index (χ0n) is 17.9. The molecule has 1 atom stereocenters. The number of carbonyl (C=O) groups excluding carboxylic acids is 4. The maximum absolute atomic E-state index is 15.1. The van der Waals surface area contributed by atoms with E-state index in [1.165, 1.54) is 6.07 Å². The van der Waals surface area contributed by atoms with E-state index in [0.717, 1.165) is 0 Å². The predicted octanol–water partition coefficient (Wildman–Crippen LogP) is 1.42. The van der Waals surface area contributed by atoms with Crippen LogP contribution in [0.1, 0.15) is 44.0 Å². The zero-order chi connectivity index (χ0) is 22.8. The summed E-state index contributed by atoms with van der Waals surface area (Å²) in [5, 5.41) is 4.64. The number of carbonyl (C=O) groups is 4. The number of ether oxygens (including phenoxy) is 1. The highest BCUT2D eigenvalue weighted by Gasteiger charge is 2.30. The molecule has 0 bridgehead atoms. The molecule has 10 heteroatoms. The number of anilines is 1. The predicted molar refractivity (Wildman–Crippen MR) is 110 cm³/mol. The highest BCUT2D eigenvalue weighted by molar-refractivity contribution is 6.04. The fourth-order valence-electron chi connectivity index (χ4n) is 3.46. The van der Waals surface area contributed by atoms with Crippen LogP contribution in [-0.2, 0) is 14.3 Å². The summed E-state index contributed by atoms with van der Waals surface area (Å²) in [4.78, 5) is 51.2. The molecule has 31 heavy (non-hydrogen) atoms. The third-order valence-corrected chi connectivity index (χ3v) is 5.04. The maximum atomic E-state index is 15.1. The third-order valence-electron chi connectivity index (χ3n) is 5.04. The first kappa shape index (κ1) is 22.5. The number of imide groups is 1. The molecule has 2 saturated heterocycles. The number of halogens is 1. The van der Waals surface area contributed by atoms with E-state index in [4.69, 9.17) is 4.74 Å². The number of piperazine rings is 1. The summed E-state index contributed by atoms with van der Waals surface area (Å²) in [5.74, 6) is -2.41. The minimum Gasteiger partial charge on any atom is -0.444 e. The molecule has 0 aromatic heterocycles. The van der Waals surface area contributed by atoms with Crippen LogP contribution in [0.25, 0.3) is 0 Å². The first-order valence-corrected chi connectivity index (χ1v) is 10.2. The Morgan fingerprint density at radius 3 is 2.45 bits per heavy atom. The summed E-state index contributed by atoms with van der Waals surface area (Å²) < 4.78 is 20.5. The van der Waals surface area contributed by atoms with Crippen LogP contribution in [0.4, 0.5) is 14.9 Å². The van der Waals surface area contributed by atoms with E-state index < -0.39 is 41.3 Å². The van der Waals surface area contributed by atoms with Gasteiger partial charge in [0.05, 0.1) is 11.3 Å². The third kappa shape index (κ3) is 5.50. The highest BCUT2D eigenvalue weighted by Crippen LogP contribution is 2.24. The molecule has 2 N–H and O–H groups in total. The molecule has 2 heterocycles. The van der Waals surface area contributed by atoms with Crippen molar-refractivity contribution < 1.29 is 28.3 Å². The van der Waals surface area contributed by atoms with E-state index in [1.807, 2.05) is 0 Å². The fourth-order valence-corrected chi connectivity index (χ4v) is 3.46. The average Bonchev–Trinajstić information content (AvgIpc) is 2.69. The van der Waals surface area contributed by atoms with E-state index in [0.29, 0.717) is 26.2 Å². The van der Waals surface area contributed by atoms with Gasteiger partial charge in [-0.05, 0) is 39.3 Å². The van der Waals surface area contributed by atoms with E-state index in [2.05, 4.69) is 10.6 Å². The minimum atomic E-state index is -0.884. The van der Waals surface area contributed by atoms with E-state index in [-0.39, 0.29) is 24.1 Å². The summed E-state index contributed by atoms with van der Waals surface area (Å²) >= 11 is 0. The van der Waals surface area contributed by atoms with Gasteiger partial charge in [0.2, 0.25) is 11.8 Å². The van der Waals surface area contributed by atoms with Gasteiger partial charge in [0.15, 0.2) is 5.82 Å². The normalized spacial score (nSPS) is 19.7. The Hall–Kier alpha value is -3.17. The van der Waals surface area contributed by atoms with Crippen molar-refractivity contribution >= 4 is 29.5 Å². The quantitative estimate of drug-likeness (QED) is 0.697. The molecule has 3 rings (SSSR count). The van der Waals surface area contributed by atoms with Crippen LogP contribution in [0.15, 0.2) is 18.2 Å². The second kappa shape index (κ2) is 8.91. The molecule has 1 aromatic carbocycles. The molecular formula is C21H27FN4O5. The molecule has 168 valence electrons. The van der Waals surface area contributed by atoms with Gasteiger partial charge < -0.3 is 19.9 Å². The zero-order valence-corrected chi connectivity index (χ0v) is 17.9. The molecular weight excluding hydrogens is 407 g/mol. The minimum absolute atomic E-state index is 0.112. The molecule has 0 radical (unpaired) electrons. The largest absolute Gasteiger partial charge is 0.444 e. The Labute approximate surface area is 179 Å². The first-order valence-electron chi connectivity index (χ1n) is 10.2. The molecule has 2 aliphatic rings. The average molecular weight is 434 g/mol. The number of rotatable bonds is 3. The van der Waals surface area contributed by atoms with Crippen molar-refractivity contribution in [3.8, 4) is 0 Å². The number of hydrogen-bond acceptors (Lipinski definition) is 6. The lowest BCUT2D eigenvalue weighted by atomic mass is 10.0. The molecule has 0 aliphatic carbocycles. The Morgan fingerprint density at radius 2 is 1.84 bits per heavy atom. The lowest BCUT2D eigenvalue weighted by Gasteiger charge is -2.37. The van der Waals surface area contributed by atoms with Crippen molar-refractivity contribution in [2.75, 3.05) is 31.1 Å². The Bertz CT molecular complexity index is 890. The molecule has 2 aliphatic heterocycles. The van der Waals surface area contributed by atoms with Crippen molar-refractivity contribution in [3.63, 3.8) is 0 Å². The molecule has 1 unspecified atom stereocenters. The van der Waals surface area contributed by atoms with E-state index >= 15 is 4.39 Å². The monoisotopic (exact) mass is 434 g/mol. The van der Waals surface area contributed by atoms with Crippen molar-refractivity contribution in [3.05, 3.63) is 29.6 Å². The van der Waals surface area contributed by atoms with Gasteiger partial charge in [0, 0.05) is 32.6 Å². The van der Waals surface area contributed by atoms with Gasteiger partial charge >= 0.3 is 6.09 Å². The fraction of sp³-hybridized carbons (Fsp3) is 0.524. The Balaban J connectivity index is 1.65. The van der Waals surface area contributed by atoms with E-state index in [9.17, 15) is 19.2 Å². The number of benzene rings is 1. The second-order valence-electron chi connectivity index (χ2n) is 8.57. The summed E-state index contributed by atoms with van der Waals surface area (Å²) in [6.45, 7) is 6.87. The van der Waals surface area contributed by atoms with Crippen LogP contribution in [0.3, 0.4) is 0 Å². The lowest BCUT2D eigenvalue weighted by Crippen LogP contribution is -2.52. The molecule has 9 nitrogen and oxygen atoms in total. The van der Waals surface area contributed by atoms with Gasteiger partial charge in [-0.25, -0.2) is 9.18 Å². The number of piperidine rings is 1. The smallest absolute Gasteiger partial charge is 0.410 e. The van der Waals surface area contributed by atoms with Gasteiger partial charge in [0.1, 0.15) is 11.6 Å². The van der Waals surface area contributed by atoms with Crippen LogP contribution in [0.2, 0.25) is 0 Å². The summed E-state index contributed by atoms with van der Waals surface area (Å²) in [6, 6.07) is 3.60. The molecule has 0 saturated carbocycles. The standard InChI is InChI=1S/C21H27FN4O5/c1-21(2,3)31-20(30)26-11-9-25(10-12-26)15-6-4-5-13(17(15)22)18(28)23-14-7-8-16(27)24-19(14)29/h4-6,14H,7-12H2,1-3H3,(H,23,28)(H,24,27,29). The van der Waals surface area contributed by atoms with Crippen LogP contribution in [-0.4, -0.2) is 66.5 Å². The van der Waals surface area contributed by atoms with Crippen LogP contribution in [0, 0.1) is 5.82 Å². The van der Waals surface area contributed by atoms with Crippen LogP contribution >= 0.6 is 0 Å². The second-order valence-corrected chi connectivity index (χ2v) is 8.57. The van der Waals surface area contributed by atoms with Gasteiger partial charge in [-0.3, -0.25) is 19.7 Å². The number of amides is 4. The SMILES string of the molecule is CC(C)(C)OC(=O)N1CCN(c2cccc(C(=O)NC3CCC(=O)NC3=O)c2F)CC1. The molecule has 1 aromatic rings. The molecule has 0 spiro atoms. The van der Waals surface area contributed by atoms with Gasteiger partial charge in [-0.15, -0.1) is 0 Å². The Morgan fingerprint density at radius 1 is 1.16 bits per heavy atom. The number of nitrogens with one attached hydrogen (secondary N) is 2. The maximum Gasteiger partial charge on any atom is 0.410 e. The Kier molecular flexibility index (Phi) is 6.47. The van der Waals surface area contributed by atoms with Crippen molar-refractivity contribution in [1.29, 1.82) is 0 Å². The van der Waals surface area contributed by atoms with Gasteiger partial charge in [-0.2, -0.15) is 0 Å². The van der Waals surface area contributed by atoms with Crippen molar-refractivity contribution in [2.24, 2.45) is 0 Å². The summed E-state index contributed by atoms with van der Waals surface area (Å²) in [6.07, 6.45) is -0.129. The molecule has 4 amide bonds. The van der Waals surface area contributed by atoms with Crippen LogP contribution < -0.4 is 15.5 Å². The summed E-state index contributed by atoms with van der Waals surface area (Å²) in [7, 11) is 0. The highest BCUT2D eigenvalue weighted by atomic mass is 19.1. The van der Waals surface area contributed by atoms with E-state index in [1.54, 1.807) is 42.7 Å². The lowest BCUT2D eigenvalue weighted by molar-refractivity contribution is -0.134. The number of nitrogens with zero attached hydrogens (tertiary/aromatic N) is 2.